The molecule has 2 heterocycles. The molecule has 0 spiro atoms. The maximum absolute atomic E-state index is 12.1. The van der Waals surface area contributed by atoms with Crippen molar-refractivity contribution in [2.75, 3.05) is 16.6 Å². The number of nitrogens with one attached hydrogen (secondary N) is 2. The number of rotatable bonds is 5. The minimum absolute atomic E-state index is 0.0869. The number of aromatic nitrogens is 2. The van der Waals surface area contributed by atoms with Gasteiger partial charge >= 0.3 is 0 Å². The molecule has 2 rings (SSSR count). The van der Waals surface area contributed by atoms with Crippen molar-refractivity contribution >= 4 is 37.6 Å². The van der Waals surface area contributed by atoms with Gasteiger partial charge in [0.15, 0.2) is 0 Å². The van der Waals surface area contributed by atoms with E-state index in [9.17, 15) is 8.42 Å². The summed E-state index contributed by atoms with van der Waals surface area (Å²) >= 11 is 3.24. The Morgan fingerprint density at radius 3 is 2.35 bits per heavy atom. The summed E-state index contributed by atoms with van der Waals surface area (Å²) in [5.74, 6) is 0.886. The van der Waals surface area contributed by atoms with Crippen molar-refractivity contribution in [3.8, 4) is 0 Å². The molecule has 0 aliphatic heterocycles. The van der Waals surface area contributed by atoms with Crippen LogP contribution in [0, 0.1) is 0 Å². The summed E-state index contributed by atoms with van der Waals surface area (Å²) < 4.78 is 27.4. The van der Waals surface area contributed by atoms with Crippen LogP contribution in [0.2, 0.25) is 0 Å². The second kappa shape index (κ2) is 6.19. The van der Waals surface area contributed by atoms with Crippen LogP contribution in [0.3, 0.4) is 0 Å². The van der Waals surface area contributed by atoms with E-state index in [0.717, 1.165) is 11.0 Å². The maximum atomic E-state index is 12.1. The summed E-state index contributed by atoms with van der Waals surface area (Å²) in [6.45, 7) is 2.66. The predicted molar refractivity (Wildman–Crippen MR) is 81.1 cm³/mol. The molecule has 0 aliphatic carbocycles. The third kappa shape index (κ3) is 3.67. The molecule has 0 unspecified atom stereocenters. The number of nitrogens with zero attached hydrogens (tertiary/aromatic N) is 2. The first kappa shape index (κ1) is 14.7. The minimum Gasteiger partial charge on any atom is -0.370 e. The molecular formula is C12H13BrN4O2S. The summed E-state index contributed by atoms with van der Waals surface area (Å²) in [4.78, 5) is 8.09. The molecule has 0 bridgehead atoms. The van der Waals surface area contributed by atoms with Crippen molar-refractivity contribution in [3.05, 3.63) is 41.1 Å². The number of anilines is 2. The Labute approximate surface area is 125 Å². The van der Waals surface area contributed by atoms with Crippen molar-refractivity contribution in [3.63, 3.8) is 0 Å². The van der Waals surface area contributed by atoms with E-state index in [0.29, 0.717) is 5.82 Å². The minimum atomic E-state index is -3.68. The van der Waals surface area contributed by atoms with Crippen molar-refractivity contribution in [1.82, 2.24) is 9.97 Å². The maximum Gasteiger partial charge on any atom is 0.264 e. The topological polar surface area (TPSA) is 84.0 Å². The summed E-state index contributed by atoms with van der Waals surface area (Å²) in [5.41, 5.74) is 0. The first-order chi connectivity index (χ1) is 9.51. The van der Waals surface area contributed by atoms with Crippen molar-refractivity contribution in [1.29, 1.82) is 0 Å². The number of hydrogen-bond acceptors (Lipinski definition) is 5. The summed E-state index contributed by atoms with van der Waals surface area (Å²) in [6.07, 6.45) is 2.82. The van der Waals surface area contributed by atoms with E-state index in [4.69, 9.17) is 0 Å². The molecule has 2 N–H and O–H groups in total. The van der Waals surface area contributed by atoms with E-state index in [1.807, 2.05) is 6.92 Å². The van der Waals surface area contributed by atoms with E-state index in [1.54, 1.807) is 18.2 Å². The average molecular weight is 357 g/mol. The van der Waals surface area contributed by atoms with Crippen LogP contribution in [0.25, 0.3) is 0 Å². The number of halogens is 1. The summed E-state index contributed by atoms with van der Waals surface area (Å²) in [5, 5.41) is 3.00. The Kier molecular flexibility index (Phi) is 4.56. The summed E-state index contributed by atoms with van der Waals surface area (Å²) in [6, 6.07) is 6.39. The first-order valence-electron chi connectivity index (χ1n) is 5.85. The van der Waals surface area contributed by atoms with Crippen LogP contribution < -0.4 is 10.0 Å². The third-order valence-corrected chi connectivity index (χ3v) is 4.18. The number of hydrogen-bond donors (Lipinski definition) is 2. The fourth-order valence-corrected chi connectivity index (χ4v) is 2.64. The van der Waals surface area contributed by atoms with Gasteiger partial charge in [-0.2, -0.15) is 0 Å². The number of sulfonamides is 1. The van der Waals surface area contributed by atoms with Crippen LogP contribution in [0.1, 0.15) is 6.92 Å². The van der Waals surface area contributed by atoms with E-state index in [2.05, 4.69) is 35.9 Å². The van der Waals surface area contributed by atoms with Gasteiger partial charge in [-0.1, -0.05) is 0 Å². The Morgan fingerprint density at radius 2 is 1.80 bits per heavy atom. The van der Waals surface area contributed by atoms with Crippen molar-refractivity contribution < 1.29 is 8.42 Å². The molecule has 0 saturated carbocycles. The Morgan fingerprint density at radius 1 is 1.10 bits per heavy atom. The molecule has 106 valence electrons. The highest BCUT2D eigenvalue weighted by Gasteiger charge is 2.15. The van der Waals surface area contributed by atoms with Gasteiger partial charge in [-0.25, -0.2) is 18.4 Å². The lowest BCUT2D eigenvalue weighted by Crippen LogP contribution is -2.14. The smallest absolute Gasteiger partial charge is 0.264 e. The molecule has 0 fully saturated rings. The van der Waals surface area contributed by atoms with Gasteiger partial charge in [-0.3, -0.25) is 4.72 Å². The molecule has 0 aliphatic rings. The van der Waals surface area contributed by atoms with Crippen LogP contribution in [-0.2, 0) is 10.0 Å². The summed E-state index contributed by atoms with van der Waals surface area (Å²) in [7, 11) is -3.68. The van der Waals surface area contributed by atoms with Gasteiger partial charge in [0.2, 0.25) is 0 Å². The normalized spacial score (nSPS) is 11.1. The van der Waals surface area contributed by atoms with Gasteiger partial charge in [0, 0.05) is 23.4 Å². The molecular weight excluding hydrogens is 344 g/mol. The van der Waals surface area contributed by atoms with E-state index in [1.165, 1.54) is 18.5 Å². The van der Waals surface area contributed by atoms with Gasteiger partial charge < -0.3 is 5.32 Å². The largest absolute Gasteiger partial charge is 0.370 e. The fraction of sp³-hybridized carbons (Fsp3) is 0.167. The Hall–Kier alpha value is -1.67. The lowest BCUT2D eigenvalue weighted by molar-refractivity contribution is 0.600. The van der Waals surface area contributed by atoms with Crippen LogP contribution in [0.5, 0.6) is 0 Å². The van der Waals surface area contributed by atoms with Gasteiger partial charge in [0.25, 0.3) is 10.0 Å². The van der Waals surface area contributed by atoms with Gasteiger partial charge in [0.1, 0.15) is 16.5 Å². The molecule has 2 aromatic rings. The zero-order valence-corrected chi connectivity index (χ0v) is 13.1. The van der Waals surface area contributed by atoms with Crippen LogP contribution >= 0.6 is 15.9 Å². The zero-order chi connectivity index (χ0) is 14.6. The standard InChI is InChI=1S/C12H13BrN4O2S/c1-2-14-11-6-4-10(8-16-11)20(18,19)17-12-5-3-9(13)7-15-12/h3-8H,2H2,1H3,(H,14,16)(H,15,17). The first-order valence-corrected chi connectivity index (χ1v) is 8.13. The average Bonchev–Trinajstić information content (AvgIpc) is 2.42. The van der Waals surface area contributed by atoms with Gasteiger partial charge in [-0.15, -0.1) is 0 Å². The molecule has 20 heavy (non-hydrogen) atoms. The van der Waals surface area contributed by atoms with Gasteiger partial charge in [-0.05, 0) is 47.1 Å². The molecule has 8 heteroatoms. The van der Waals surface area contributed by atoms with E-state index in [-0.39, 0.29) is 10.7 Å². The molecule has 0 atom stereocenters. The highest BCUT2D eigenvalue weighted by Crippen LogP contribution is 2.16. The quantitative estimate of drug-likeness (QED) is 0.859. The second-order valence-corrected chi connectivity index (χ2v) is 6.47. The molecule has 0 radical (unpaired) electrons. The molecule has 0 amide bonds. The van der Waals surface area contributed by atoms with Gasteiger partial charge in [0.05, 0.1) is 0 Å². The van der Waals surface area contributed by atoms with Crippen LogP contribution in [0.4, 0.5) is 11.6 Å². The molecule has 0 saturated heterocycles. The Bertz CT molecular complexity index is 672. The predicted octanol–water partition coefficient (Wildman–Crippen LogP) is 2.47. The van der Waals surface area contributed by atoms with Crippen LogP contribution in [0.15, 0.2) is 46.0 Å². The SMILES string of the molecule is CCNc1ccc(S(=O)(=O)Nc2ccc(Br)cn2)cn1. The van der Waals surface area contributed by atoms with E-state index >= 15 is 0 Å². The Balaban J connectivity index is 2.19. The second-order valence-electron chi connectivity index (χ2n) is 3.88. The number of pyridine rings is 2. The van der Waals surface area contributed by atoms with E-state index < -0.39 is 10.0 Å². The molecule has 6 nitrogen and oxygen atoms in total. The molecule has 0 aromatic carbocycles. The third-order valence-electron chi connectivity index (χ3n) is 2.37. The monoisotopic (exact) mass is 356 g/mol. The zero-order valence-electron chi connectivity index (χ0n) is 10.7. The highest BCUT2D eigenvalue weighted by atomic mass is 79.9. The lowest BCUT2D eigenvalue weighted by atomic mass is 10.4. The highest BCUT2D eigenvalue weighted by molar-refractivity contribution is 9.10. The fourth-order valence-electron chi connectivity index (χ4n) is 1.46. The lowest BCUT2D eigenvalue weighted by Gasteiger charge is -2.08. The molecule has 2 aromatic heterocycles. The van der Waals surface area contributed by atoms with Crippen LogP contribution in [-0.4, -0.2) is 24.9 Å². The van der Waals surface area contributed by atoms with Crippen molar-refractivity contribution in [2.24, 2.45) is 0 Å². The van der Waals surface area contributed by atoms with Crippen molar-refractivity contribution in [2.45, 2.75) is 11.8 Å².